The number of carbonyl (C=O) groups is 2. The highest BCUT2D eigenvalue weighted by Gasteiger charge is 2.28. The van der Waals surface area contributed by atoms with E-state index in [1.54, 1.807) is 33.8 Å². The summed E-state index contributed by atoms with van der Waals surface area (Å²) < 4.78 is 13.0. The Morgan fingerprint density at radius 2 is 1.78 bits per heavy atom. The second-order valence-corrected chi connectivity index (χ2v) is 14.2. The first-order chi connectivity index (χ1) is 16.6. The first-order valence-corrected chi connectivity index (χ1v) is 14.0. The number of alkyl carbamates (subject to hydrolysis) is 1. The number of fused-ring (bicyclic) bond motifs is 1. The molecule has 3 rings (SSSR count). The molecule has 36 heavy (non-hydrogen) atoms. The molecule has 0 saturated carbocycles. The normalized spacial score (nSPS) is 12.9. The fourth-order valence-electron chi connectivity index (χ4n) is 3.43. The summed E-state index contributed by atoms with van der Waals surface area (Å²) in [5.74, 6) is 0. The molecule has 1 N–H and O–H groups in total. The Bertz CT molecular complexity index is 1240. The Morgan fingerprint density at radius 3 is 2.36 bits per heavy atom. The van der Waals surface area contributed by atoms with Gasteiger partial charge in [0.1, 0.15) is 16.7 Å². The molecule has 1 atom stereocenters. The van der Waals surface area contributed by atoms with Crippen LogP contribution in [0.4, 0.5) is 15.3 Å². The number of carbonyl (C=O) groups excluding carboxylic acids is 2. The molecule has 0 bridgehead atoms. The maximum absolute atomic E-state index is 13.3. The molecule has 196 valence electrons. The van der Waals surface area contributed by atoms with Gasteiger partial charge in [0.2, 0.25) is 0 Å². The molecule has 0 spiro atoms. The number of halogens is 1. The summed E-state index contributed by atoms with van der Waals surface area (Å²) in [5, 5.41) is 11.5. The van der Waals surface area contributed by atoms with Crippen LogP contribution in [0.1, 0.15) is 63.8 Å². The standard InChI is InChI=1S/C25H33BrN4O4S2/c1-14(28-22(31)33-24(3,4)5)11-18-15(2)20-21(36-18)17(12-27-29-20)30(23(32)34-25(6,7)8)13-16-9-10-19(26)35-16/h9-10,12,14H,11,13H2,1-8H3,(H,28,31). The van der Waals surface area contributed by atoms with Gasteiger partial charge in [0.05, 0.1) is 26.9 Å². The van der Waals surface area contributed by atoms with Gasteiger partial charge < -0.3 is 14.8 Å². The average Bonchev–Trinajstić information content (AvgIpc) is 3.26. The van der Waals surface area contributed by atoms with Crippen molar-refractivity contribution in [3.05, 3.63) is 37.4 Å². The third-order valence-corrected chi connectivity index (χ3v) is 7.82. The van der Waals surface area contributed by atoms with Crippen LogP contribution in [0.3, 0.4) is 0 Å². The highest BCUT2D eigenvalue weighted by Crippen LogP contribution is 2.38. The third kappa shape index (κ3) is 7.63. The second kappa shape index (κ2) is 11.0. The Morgan fingerprint density at radius 1 is 1.11 bits per heavy atom. The summed E-state index contributed by atoms with van der Waals surface area (Å²) in [5.41, 5.74) is 1.14. The van der Waals surface area contributed by atoms with E-state index < -0.39 is 23.4 Å². The van der Waals surface area contributed by atoms with E-state index >= 15 is 0 Å². The molecular weight excluding hydrogens is 564 g/mol. The van der Waals surface area contributed by atoms with Crippen molar-refractivity contribution in [2.75, 3.05) is 4.90 Å². The number of nitrogens with one attached hydrogen (secondary N) is 1. The minimum Gasteiger partial charge on any atom is -0.444 e. The Kier molecular flexibility index (Phi) is 8.67. The smallest absolute Gasteiger partial charge is 0.415 e. The quantitative estimate of drug-likeness (QED) is 0.323. The van der Waals surface area contributed by atoms with Gasteiger partial charge in [-0.25, -0.2) is 9.59 Å². The summed E-state index contributed by atoms with van der Waals surface area (Å²) in [7, 11) is 0. The van der Waals surface area contributed by atoms with Crippen molar-refractivity contribution < 1.29 is 19.1 Å². The van der Waals surface area contributed by atoms with Crippen molar-refractivity contribution in [3.63, 3.8) is 0 Å². The van der Waals surface area contributed by atoms with E-state index in [1.165, 1.54) is 0 Å². The lowest BCUT2D eigenvalue weighted by Gasteiger charge is -2.27. The van der Waals surface area contributed by atoms with Crippen LogP contribution in [-0.4, -0.2) is 39.6 Å². The van der Waals surface area contributed by atoms with E-state index in [0.29, 0.717) is 18.7 Å². The van der Waals surface area contributed by atoms with Crippen LogP contribution in [0.25, 0.3) is 10.2 Å². The van der Waals surface area contributed by atoms with Gasteiger partial charge in [-0.15, -0.1) is 27.8 Å². The van der Waals surface area contributed by atoms with Crippen LogP contribution >= 0.6 is 38.6 Å². The predicted molar refractivity (Wildman–Crippen MR) is 149 cm³/mol. The van der Waals surface area contributed by atoms with Gasteiger partial charge >= 0.3 is 12.2 Å². The highest BCUT2D eigenvalue weighted by molar-refractivity contribution is 9.11. The average molecular weight is 598 g/mol. The summed E-state index contributed by atoms with van der Waals surface area (Å²) in [6.45, 7) is 15.3. The van der Waals surface area contributed by atoms with Crippen molar-refractivity contribution in [2.45, 2.75) is 85.6 Å². The number of ether oxygens (including phenoxy) is 2. The molecule has 1 unspecified atom stereocenters. The lowest BCUT2D eigenvalue weighted by atomic mass is 10.1. The summed E-state index contributed by atoms with van der Waals surface area (Å²) in [6.07, 6.45) is 1.30. The Balaban J connectivity index is 1.94. The van der Waals surface area contributed by atoms with E-state index in [1.807, 2.05) is 67.5 Å². The maximum atomic E-state index is 13.3. The van der Waals surface area contributed by atoms with Crippen molar-refractivity contribution in [1.29, 1.82) is 0 Å². The number of rotatable bonds is 6. The van der Waals surface area contributed by atoms with Crippen LogP contribution in [0, 0.1) is 6.92 Å². The molecular formula is C25H33BrN4O4S2. The summed E-state index contributed by atoms with van der Waals surface area (Å²) in [6, 6.07) is 3.78. The molecule has 0 radical (unpaired) electrons. The number of thiophene rings is 2. The largest absolute Gasteiger partial charge is 0.444 e. The molecule has 3 heterocycles. The van der Waals surface area contributed by atoms with Crippen molar-refractivity contribution in [3.8, 4) is 0 Å². The van der Waals surface area contributed by atoms with Gasteiger partial charge in [-0.05, 0) is 89.0 Å². The minimum absolute atomic E-state index is 0.159. The van der Waals surface area contributed by atoms with Crippen molar-refractivity contribution in [1.82, 2.24) is 15.5 Å². The van der Waals surface area contributed by atoms with E-state index in [-0.39, 0.29) is 6.04 Å². The fraction of sp³-hybridized carbons (Fsp3) is 0.520. The molecule has 11 heteroatoms. The fourth-order valence-corrected chi connectivity index (χ4v) is 6.29. The number of amides is 2. The van der Waals surface area contributed by atoms with Gasteiger partial charge in [-0.2, -0.15) is 5.10 Å². The van der Waals surface area contributed by atoms with E-state index in [4.69, 9.17) is 9.47 Å². The minimum atomic E-state index is -0.649. The monoisotopic (exact) mass is 596 g/mol. The molecule has 3 aromatic heterocycles. The second-order valence-electron chi connectivity index (χ2n) is 10.6. The Hall–Kier alpha value is -2.24. The van der Waals surface area contributed by atoms with Crippen molar-refractivity contribution in [2.24, 2.45) is 0 Å². The number of nitrogens with zero attached hydrogens (tertiary/aromatic N) is 3. The molecule has 0 aliphatic rings. The first-order valence-electron chi connectivity index (χ1n) is 11.6. The number of anilines is 1. The third-order valence-electron chi connectivity index (χ3n) is 4.89. The number of aryl methyl sites for hydroxylation is 1. The molecule has 0 aliphatic carbocycles. The zero-order chi connectivity index (χ0) is 26.8. The van der Waals surface area contributed by atoms with Crippen LogP contribution in [-0.2, 0) is 22.4 Å². The highest BCUT2D eigenvalue weighted by atomic mass is 79.9. The van der Waals surface area contributed by atoms with Gasteiger partial charge in [-0.1, -0.05) is 0 Å². The van der Waals surface area contributed by atoms with Crippen LogP contribution in [0.15, 0.2) is 22.1 Å². The molecule has 0 saturated heterocycles. The zero-order valence-electron chi connectivity index (χ0n) is 21.9. The number of hydrogen-bond donors (Lipinski definition) is 1. The van der Waals surface area contributed by atoms with Crippen LogP contribution in [0.5, 0.6) is 0 Å². The number of aromatic nitrogens is 2. The van der Waals surface area contributed by atoms with E-state index in [2.05, 4.69) is 31.4 Å². The molecule has 3 aromatic rings. The molecule has 8 nitrogen and oxygen atoms in total. The lowest BCUT2D eigenvalue weighted by molar-refractivity contribution is 0.0507. The SMILES string of the molecule is Cc1c(CC(C)NC(=O)OC(C)(C)C)sc2c(N(Cc3ccc(Br)s3)C(=O)OC(C)(C)C)cnnc12. The lowest BCUT2D eigenvalue weighted by Crippen LogP contribution is -2.38. The molecule has 0 aliphatic heterocycles. The summed E-state index contributed by atoms with van der Waals surface area (Å²) in [4.78, 5) is 29.2. The maximum Gasteiger partial charge on any atom is 0.415 e. The predicted octanol–water partition coefficient (Wildman–Crippen LogP) is 7.22. The topological polar surface area (TPSA) is 93.7 Å². The molecule has 2 amide bonds. The van der Waals surface area contributed by atoms with Gasteiger partial charge in [0.25, 0.3) is 0 Å². The Labute approximate surface area is 228 Å². The van der Waals surface area contributed by atoms with Gasteiger partial charge in [0.15, 0.2) is 0 Å². The summed E-state index contributed by atoms with van der Waals surface area (Å²) >= 11 is 6.61. The van der Waals surface area contributed by atoms with E-state index in [9.17, 15) is 9.59 Å². The zero-order valence-corrected chi connectivity index (χ0v) is 25.1. The first kappa shape index (κ1) is 28.3. The molecule has 0 aromatic carbocycles. The van der Waals surface area contributed by atoms with Crippen molar-refractivity contribution >= 4 is 66.7 Å². The van der Waals surface area contributed by atoms with E-state index in [0.717, 1.165) is 29.3 Å². The molecule has 0 fully saturated rings. The van der Waals surface area contributed by atoms with Gasteiger partial charge in [-0.3, -0.25) is 4.90 Å². The van der Waals surface area contributed by atoms with Crippen LogP contribution < -0.4 is 10.2 Å². The van der Waals surface area contributed by atoms with Gasteiger partial charge in [0, 0.05) is 22.2 Å². The number of hydrogen-bond acceptors (Lipinski definition) is 8. The van der Waals surface area contributed by atoms with Crippen LogP contribution in [0.2, 0.25) is 0 Å².